The number of hydrogen-bond donors (Lipinski definition) is 2. The Morgan fingerprint density at radius 3 is 1.32 bits per heavy atom. The molecule has 0 amide bonds. The lowest BCUT2D eigenvalue weighted by Gasteiger charge is -2.13. The predicted octanol–water partition coefficient (Wildman–Crippen LogP) is 8.91. The highest BCUT2D eigenvalue weighted by atomic mass is 19.4. The van der Waals surface area contributed by atoms with Gasteiger partial charge in [0, 0.05) is 23.6 Å². The van der Waals surface area contributed by atoms with Gasteiger partial charge in [0.15, 0.2) is 0 Å². The molecular formula is C30H24F6N2O2. The Morgan fingerprint density at radius 2 is 1.00 bits per heavy atom. The van der Waals surface area contributed by atoms with E-state index in [0.29, 0.717) is 0 Å². The second-order valence-electron chi connectivity index (χ2n) is 9.05. The summed E-state index contributed by atoms with van der Waals surface area (Å²) in [6.45, 7) is 3.22. The van der Waals surface area contributed by atoms with Gasteiger partial charge in [0.25, 0.3) is 0 Å². The molecule has 2 N–H and O–H groups in total. The molecule has 0 heterocycles. The van der Waals surface area contributed by atoms with Crippen molar-refractivity contribution in [1.29, 1.82) is 0 Å². The van der Waals surface area contributed by atoms with Crippen molar-refractivity contribution in [2.24, 2.45) is 9.98 Å². The summed E-state index contributed by atoms with van der Waals surface area (Å²) >= 11 is 0. The molecule has 0 fully saturated rings. The van der Waals surface area contributed by atoms with Crippen LogP contribution in [0.2, 0.25) is 0 Å². The highest BCUT2D eigenvalue weighted by Gasteiger charge is 2.33. The van der Waals surface area contributed by atoms with E-state index in [1.54, 1.807) is 50.2 Å². The molecule has 0 aliphatic rings. The minimum atomic E-state index is -4.64. The zero-order valence-corrected chi connectivity index (χ0v) is 21.4. The first-order chi connectivity index (χ1) is 18.8. The molecule has 0 saturated heterocycles. The van der Waals surface area contributed by atoms with Crippen LogP contribution in [0.1, 0.15) is 47.2 Å². The molecule has 4 rings (SSSR count). The van der Waals surface area contributed by atoms with Gasteiger partial charge >= 0.3 is 12.4 Å². The molecule has 0 atom stereocenters. The van der Waals surface area contributed by atoms with E-state index in [4.69, 9.17) is 0 Å². The molecule has 208 valence electrons. The molecule has 0 spiro atoms. The Hall–Kier alpha value is -4.34. The molecule has 0 bridgehead atoms. The Balaban J connectivity index is 1.84. The number of rotatable bonds is 6. The number of phenolic OH excluding ortho intramolecular Hbond substituents is 2. The molecule has 0 unspecified atom stereocenters. The Bertz CT molecular complexity index is 1500. The van der Waals surface area contributed by atoms with E-state index in [1.165, 1.54) is 0 Å². The van der Waals surface area contributed by atoms with Crippen LogP contribution in [0.5, 0.6) is 11.5 Å². The average Bonchev–Trinajstić information content (AvgIpc) is 2.90. The first kappa shape index (κ1) is 28.7. The third-order valence-electron chi connectivity index (χ3n) is 6.38. The fourth-order valence-electron chi connectivity index (χ4n) is 4.20. The van der Waals surface area contributed by atoms with Gasteiger partial charge in [-0.05, 0) is 71.1 Å². The van der Waals surface area contributed by atoms with Crippen LogP contribution in [0.3, 0.4) is 0 Å². The number of hydrogen-bond acceptors (Lipinski definition) is 4. The van der Waals surface area contributed by atoms with Crippen molar-refractivity contribution in [1.82, 2.24) is 0 Å². The lowest BCUT2D eigenvalue weighted by molar-refractivity contribution is -0.138. The van der Waals surface area contributed by atoms with E-state index < -0.39 is 23.5 Å². The summed E-state index contributed by atoms with van der Waals surface area (Å²) in [6.07, 6.45) is -6.79. The highest BCUT2D eigenvalue weighted by Crippen LogP contribution is 2.38. The molecule has 4 nitrogen and oxygen atoms in total. The van der Waals surface area contributed by atoms with E-state index in [1.807, 2.05) is 0 Å². The molecule has 4 aromatic carbocycles. The number of aliphatic imine (C=N–C) groups is 2. The second kappa shape index (κ2) is 11.0. The van der Waals surface area contributed by atoms with Crippen molar-refractivity contribution in [2.45, 2.75) is 39.0 Å². The van der Waals surface area contributed by atoms with E-state index in [0.717, 1.165) is 47.5 Å². The molecule has 4 aromatic rings. The Labute approximate surface area is 226 Å². The molecule has 0 aromatic heterocycles. The zero-order chi connectivity index (χ0) is 29.2. The molecule has 10 heteroatoms. The van der Waals surface area contributed by atoms with Gasteiger partial charge in [-0.3, -0.25) is 9.98 Å². The number of halogens is 6. The summed E-state index contributed by atoms with van der Waals surface area (Å²) in [5.41, 5.74) is -1.62. The summed E-state index contributed by atoms with van der Waals surface area (Å²) in [7, 11) is 0. The van der Waals surface area contributed by atoms with Gasteiger partial charge in [-0.2, -0.15) is 26.3 Å². The molecular weight excluding hydrogens is 534 g/mol. The summed E-state index contributed by atoms with van der Waals surface area (Å²) in [6, 6.07) is 13.7. The van der Waals surface area contributed by atoms with E-state index in [9.17, 15) is 36.6 Å². The normalized spacial score (nSPS) is 12.7. The van der Waals surface area contributed by atoms with Gasteiger partial charge in [-0.25, -0.2) is 0 Å². The lowest BCUT2D eigenvalue weighted by Crippen LogP contribution is -2.07. The van der Waals surface area contributed by atoms with Gasteiger partial charge in [-0.15, -0.1) is 0 Å². The average molecular weight is 559 g/mol. The fraction of sp³-hybridized carbons (Fsp3) is 0.200. The van der Waals surface area contributed by atoms with Crippen molar-refractivity contribution in [3.8, 4) is 11.5 Å². The number of aryl methyl sites for hydroxylation is 2. The third-order valence-corrected chi connectivity index (χ3v) is 6.38. The molecule has 0 saturated carbocycles. The summed E-state index contributed by atoms with van der Waals surface area (Å²) < 4.78 is 80.6. The predicted molar refractivity (Wildman–Crippen MR) is 143 cm³/mol. The van der Waals surface area contributed by atoms with Crippen molar-refractivity contribution in [2.75, 3.05) is 0 Å². The van der Waals surface area contributed by atoms with E-state index >= 15 is 0 Å². The molecule has 40 heavy (non-hydrogen) atoms. The standard InChI is InChI=1S/C30H24F6N2O2/c1-3-17-9-23(29(31,32)33)11-21(27(17)39)15-37-25-13-19-7-5-6-8-20(19)14-26(25)38-16-22-12-24(30(34,35)36)10-18(4-2)28(22)40/h5-16,39-40H,3-4H2,1-2H3. The minimum Gasteiger partial charge on any atom is -0.507 e. The monoisotopic (exact) mass is 558 g/mol. The number of benzene rings is 4. The summed E-state index contributed by atoms with van der Waals surface area (Å²) in [4.78, 5) is 8.61. The van der Waals surface area contributed by atoms with Crippen LogP contribution < -0.4 is 0 Å². The number of phenols is 2. The highest BCUT2D eigenvalue weighted by molar-refractivity contribution is 5.96. The third kappa shape index (κ3) is 6.11. The fourth-order valence-corrected chi connectivity index (χ4v) is 4.20. The number of nitrogens with zero attached hydrogens (tertiary/aromatic N) is 2. The van der Waals surface area contributed by atoms with Crippen molar-refractivity contribution in [3.63, 3.8) is 0 Å². The van der Waals surface area contributed by atoms with Crippen LogP contribution in [0.25, 0.3) is 10.8 Å². The smallest absolute Gasteiger partial charge is 0.416 e. The van der Waals surface area contributed by atoms with Crippen molar-refractivity contribution >= 4 is 34.6 Å². The first-order valence-corrected chi connectivity index (χ1v) is 12.3. The minimum absolute atomic E-state index is 0.0970. The van der Waals surface area contributed by atoms with Crippen molar-refractivity contribution in [3.05, 3.63) is 94.0 Å². The Kier molecular flexibility index (Phi) is 7.91. The maximum Gasteiger partial charge on any atom is 0.416 e. The zero-order valence-electron chi connectivity index (χ0n) is 21.4. The van der Waals surface area contributed by atoms with Gasteiger partial charge in [0.2, 0.25) is 0 Å². The van der Waals surface area contributed by atoms with E-state index in [2.05, 4.69) is 9.98 Å². The lowest BCUT2D eigenvalue weighted by atomic mass is 10.0. The van der Waals surface area contributed by atoms with Crippen LogP contribution in [-0.2, 0) is 25.2 Å². The van der Waals surface area contributed by atoms with Crippen LogP contribution in [-0.4, -0.2) is 22.6 Å². The molecule has 0 aliphatic carbocycles. The quantitative estimate of drug-likeness (QED) is 0.183. The molecule has 0 aliphatic heterocycles. The van der Waals surface area contributed by atoms with Gasteiger partial charge < -0.3 is 10.2 Å². The maximum atomic E-state index is 13.4. The largest absolute Gasteiger partial charge is 0.507 e. The van der Waals surface area contributed by atoms with Crippen LogP contribution >= 0.6 is 0 Å². The number of alkyl halides is 6. The number of aromatic hydroxyl groups is 2. The maximum absolute atomic E-state index is 13.4. The topological polar surface area (TPSA) is 65.2 Å². The van der Waals surface area contributed by atoms with Crippen LogP contribution in [0, 0.1) is 0 Å². The molecule has 0 radical (unpaired) electrons. The SMILES string of the molecule is CCc1cc(C(F)(F)F)cc(C=Nc2cc3ccccc3cc2N=Cc2cc(C(F)(F)F)cc(CC)c2O)c1O. The number of fused-ring (bicyclic) bond motifs is 1. The van der Waals surface area contributed by atoms with Crippen LogP contribution in [0.15, 0.2) is 70.6 Å². The van der Waals surface area contributed by atoms with Gasteiger partial charge in [0.05, 0.1) is 22.5 Å². The summed E-state index contributed by atoms with van der Waals surface area (Å²) in [5.74, 6) is -0.683. The first-order valence-electron chi connectivity index (χ1n) is 12.3. The Morgan fingerprint density at radius 1 is 0.625 bits per heavy atom. The second-order valence-corrected chi connectivity index (χ2v) is 9.05. The van der Waals surface area contributed by atoms with Crippen LogP contribution in [0.4, 0.5) is 37.7 Å². The van der Waals surface area contributed by atoms with Gasteiger partial charge in [-0.1, -0.05) is 38.1 Å². The van der Waals surface area contributed by atoms with Gasteiger partial charge in [0.1, 0.15) is 11.5 Å². The van der Waals surface area contributed by atoms with Crippen molar-refractivity contribution < 1.29 is 36.6 Å². The van der Waals surface area contributed by atoms with E-state index in [-0.39, 0.29) is 58.0 Å². The summed E-state index contributed by atoms with van der Waals surface area (Å²) in [5, 5.41) is 22.5.